The molecule has 0 aliphatic heterocycles. The van der Waals surface area contributed by atoms with Crippen LogP contribution in [0.15, 0.2) is 24.3 Å². The van der Waals surface area contributed by atoms with Crippen LogP contribution in [0, 0.1) is 0 Å². The van der Waals surface area contributed by atoms with Crippen molar-refractivity contribution in [1.82, 2.24) is 0 Å². The molecule has 0 saturated carbocycles. The van der Waals surface area contributed by atoms with Gasteiger partial charge in [0.1, 0.15) is 0 Å². The van der Waals surface area contributed by atoms with Crippen LogP contribution < -0.4 is 0 Å². The minimum atomic E-state index is -2.33. The summed E-state index contributed by atoms with van der Waals surface area (Å²) in [6.07, 6.45) is -3.18. The molecule has 0 bridgehead atoms. The lowest BCUT2D eigenvalue weighted by Crippen LogP contribution is -1.98. The summed E-state index contributed by atoms with van der Waals surface area (Å²) in [5.41, 5.74) is 1.24. The molecule has 1 rings (SSSR count). The Balaban J connectivity index is 2.79. The number of aliphatic hydroxyl groups excluding tert-OH is 1. The Labute approximate surface area is 76.0 Å². The van der Waals surface area contributed by atoms with Crippen molar-refractivity contribution in [3.8, 4) is 0 Å². The molecule has 0 amide bonds. The first-order valence-electron chi connectivity index (χ1n) is 4.14. The molecule has 3 heteroatoms. The van der Waals surface area contributed by atoms with Crippen LogP contribution in [0.5, 0.6) is 0 Å². The Hall–Kier alpha value is -0.960. The maximum Gasteiger partial charge on any atom is 0.242 e. The molecule has 0 aromatic heterocycles. The fraction of sp³-hybridized carbons (Fsp3) is 0.400. The first-order valence-corrected chi connectivity index (χ1v) is 4.14. The number of rotatable bonds is 3. The molecule has 1 atom stereocenters. The third-order valence-electron chi connectivity index (χ3n) is 1.82. The molecule has 1 unspecified atom stereocenters. The Kier molecular flexibility index (Phi) is 3.37. The quantitative estimate of drug-likeness (QED) is 0.769. The van der Waals surface area contributed by atoms with Crippen molar-refractivity contribution in [2.24, 2.45) is 0 Å². The normalized spacial score (nSPS) is 13.3. The lowest BCUT2D eigenvalue weighted by molar-refractivity contribution is 0.149. The number of alkyl halides is 2. The predicted octanol–water partition coefficient (Wildman–Crippen LogP) is 2.55. The molecule has 0 saturated heterocycles. The maximum atomic E-state index is 12.0. The van der Waals surface area contributed by atoms with Gasteiger partial charge >= 0.3 is 0 Å². The second kappa shape index (κ2) is 4.33. The van der Waals surface area contributed by atoms with Crippen LogP contribution in [0.2, 0.25) is 0 Å². The molecule has 1 N–H and O–H groups in total. The van der Waals surface area contributed by atoms with E-state index in [4.69, 9.17) is 0 Å². The highest BCUT2D eigenvalue weighted by atomic mass is 19.3. The highest BCUT2D eigenvalue weighted by Crippen LogP contribution is 2.15. The number of hydrogen-bond acceptors (Lipinski definition) is 1. The van der Waals surface area contributed by atoms with Crippen LogP contribution in [0.4, 0.5) is 8.78 Å². The van der Waals surface area contributed by atoms with Gasteiger partial charge in [-0.15, -0.1) is 0 Å². The van der Waals surface area contributed by atoms with E-state index in [0.29, 0.717) is 11.1 Å². The molecule has 0 spiro atoms. The van der Waals surface area contributed by atoms with Gasteiger partial charge in [-0.25, -0.2) is 8.78 Å². The molecule has 1 aromatic carbocycles. The molecule has 0 heterocycles. The first kappa shape index (κ1) is 10.1. The SMILES string of the molecule is CC(O)c1cccc(CC(F)F)c1. The third kappa shape index (κ3) is 3.11. The van der Waals surface area contributed by atoms with Crippen LogP contribution in [0.25, 0.3) is 0 Å². The van der Waals surface area contributed by atoms with Crippen molar-refractivity contribution < 1.29 is 13.9 Å². The van der Waals surface area contributed by atoms with Gasteiger partial charge in [-0.05, 0) is 18.1 Å². The van der Waals surface area contributed by atoms with Gasteiger partial charge < -0.3 is 5.11 Å². The van der Waals surface area contributed by atoms with Gasteiger partial charge in [0.25, 0.3) is 0 Å². The summed E-state index contributed by atoms with van der Waals surface area (Å²) in [7, 11) is 0. The molecular formula is C10H12F2O. The van der Waals surface area contributed by atoms with Gasteiger partial charge in [-0.1, -0.05) is 24.3 Å². The van der Waals surface area contributed by atoms with Crippen molar-refractivity contribution in [1.29, 1.82) is 0 Å². The molecule has 1 aromatic rings. The summed E-state index contributed by atoms with van der Waals surface area (Å²) in [4.78, 5) is 0. The molecule has 0 fully saturated rings. The molecule has 0 radical (unpaired) electrons. The molecule has 1 nitrogen and oxygen atoms in total. The Morgan fingerprint density at radius 3 is 2.62 bits per heavy atom. The van der Waals surface area contributed by atoms with Gasteiger partial charge in [0, 0.05) is 6.42 Å². The molecule has 0 aliphatic carbocycles. The summed E-state index contributed by atoms with van der Waals surface area (Å²) in [6.45, 7) is 1.61. The van der Waals surface area contributed by atoms with E-state index >= 15 is 0 Å². The van der Waals surface area contributed by atoms with Crippen molar-refractivity contribution in [2.45, 2.75) is 25.9 Å². The van der Waals surface area contributed by atoms with E-state index in [-0.39, 0.29) is 6.42 Å². The fourth-order valence-electron chi connectivity index (χ4n) is 1.16. The number of halogens is 2. The van der Waals surface area contributed by atoms with Gasteiger partial charge in [0.15, 0.2) is 0 Å². The molecule has 72 valence electrons. The van der Waals surface area contributed by atoms with E-state index in [1.807, 2.05) is 0 Å². The van der Waals surface area contributed by atoms with Crippen LogP contribution in [-0.4, -0.2) is 11.5 Å². The van der Waals surface area contributed by atoms with E-state index in [1.165, 1.54) is 0 Å². The van der Waals surface area contributed by atoms with E-state index in [2.05, 4.69) is 0 Å². The predicted molar refractivity (Wildman–Crippen MR) is 46.8 cm³/mol. The number of aliphatic hydroxyl groups is 1. The van der Waals surface area contributed by atoms with Gasteiger partial charge in [0.2, 0.25) is 6.43 Å². The smallest absolute Gasteiger partial charge is 0.242 e. The summed E-state index contributed by atoms with van der Waals surface area (Å²) < 4.78 is 24.0. The Morgan fingerprint density at radius 1 is 1.38 bits per heavy atom. The highest BCUT2D eigenvalue weighted by Gasteiger charge is 2.06. The summed E-state index contributed by atoms with van der Waals surface area (Å²) >= 11 is 0. The van der Waals surface area contributed by atoms with Crippen molar-refractivity contribution in [3.63, 3.8) is 0 Å². The first-order chi connectivity index (χ1) is 6.09. The second-order valence-electron chi connectivity index (χ2n) is 3.02. The molecule has 13 heavy (non-hydrogen) atoms. The monoisotopic (exact) mass is 186 g/mol. The standard InChI is InChI=1S/C10H12F2O/c1-7(13)9-4-2-3-8(5-9)6-10(11)12/h2-5,7,10,13H,6H2,1H3. The van der Waals surface area contributed by atoms with E-state index < -0.39 is 12.5 Å². The molecule has 0 aliphatic rings. The summed E-state index contributed by atoms with van der Waals surface area (Å²) in [5.74, 6) is 0. The number of benzene rings is 1. The van der Waals surface area contributed by atoms with Gasteiger partial charge in [-0.3, -0.25) is 0 Å². The number of hydrogen-bond donors (Lipinski definition) is 1. The lowest BCUT2D eigenvalue weighted by Gasteiger charge is -2.06. The lowest BCUT2D eigenvalue weighted by atomic mass is 10.1. The van der Waals surface area contributed by atoms with Crippen LogP contribution in [0.3, 0.4) is 0 Å². The minimum Gasteiger partial charge on any atom is -0.389 e. The van der Waals surface area contributed by atoms with Crippen molar-refractivity contribution >= 4 is 0 Å². The zero-order valence-corrected chi connectivity index (χ0v) is 7.37. The highest BCUT2D eigenvalue weighted by molar-refractivity contribution is 5.25. The summed E-state index contributed by atoms with van der Waals surface area (Å²) in [6, 6.07) is 6.65. The Bertz CT molecular complexity index is 271. The molecular weight excluding hydrogens is 174 g/mol. The zero-order chi connectivity index (χ0) is 9.84. The topological polar surface area (TPSA) is 20.2 Å². The van der Waals surface area contributed by atoms with Crippen molar-refractivity contribution in [2.75, 3.05) is 0 Å². The maximum absolute atomic E-state index is 12.0. The average Bonchev–Trinajstić information content (AvgIpc) is 2.03. The average molecular weight is 186 g/mol. The van der Waals surface area contributed by atoms with E-state index in [0.717, 1.165) is 0 Å². The van der Waals surface area contributed by atoms with E-state index in [9.17, 15) is 13.9 Å². The Morgan fingerprint density at radius 2 is 2.08 bits per heavy atom. The zero-order valence-electron chi connectivity index (χ0n) is 7.37. The second-order valence-corrected chi connectivity index (χ2v) is 3.02. The van der Waals surface area contributed by atoms with Crippen LogP contribution >= 0.6 is 0 Å². The van der Waals surface area contributed by atoms with Crippen LogP contribution in [0.1, 0.15) is 24.2 Å². The van der Waals surface area contributed by atoms with Crippen molar-refractivity contribution in [3.05, 3.63) is 35.4 Å². The third-order valence-corrected chi connectivity index (χ3v) is 1.82. The van der Waals surface area contributed by atoms with E-state index in [1.54, 1.807) is 31.2 Å². The fourth-order valence-corrected chi connectivity index (χ4v) is 1.16. The van der Waals surface area contributed by atoms with Gasteiger partial charge in [-0.2, -0.15) is 0 Å². The largest absolute Gasteiger partial charge is 0.389 e. The van der Waals surface area contributed by atoms with Crippen LogP contribution in [-0.2, 0) is 6.42 Å². The minimum absolute atomic E-state index is 0.249. The summed E-state index contributed by atoms with van der Waals surface area (Å²) in [5, 5.41) is 9.19. The van der Waals surface area contributed by atoms with Gasteiger partial charge in [0.05, 0.1) is 6.10 Å².